The number of aryl methyl sites for hydroxylation is 1. The monoisotopic (exact) mass is 495 g/mol. The van der Waals surface area contributed by atoms with E-state index in [2.05, 4.69) is 36.3 Å². The Morgan fingerprint density at radius 1 is 1.29 bits per heavy atom. The van der Waals surface area contributed by atoms with Crippen molar-refractivity contribution in [3.63, 3.8) is 0 Å². The molecule has 3 heterocycles. The molecule has 0 bridgehead atoms. The maximum absolute atomic E-state index is 12.6. The average Bonchev–Trinajstić information content (AvgIpc) is 3.38. The highest BCUT2D eigenvalue weighted by molar-refractivity contribution is 7.99. The Kier molecular flexibility index (Phi) is 6.24. The first kappa shape index (κ1) is 23.1. The quantitative estimate of drug-likeness (QED) is 0.350. The van der Waals surface area contributed by atoms with Crippen LogP contribution in [0.3, 0.4) is 0 Å². The normalized spacial score (nSPS) is 16.1. The summed E-state index contributed by atoms with van der Waals surface area (Å²) in [6.07, 6.45) is 5.12. The highest BCUT2D eigenvalue weighted by Gasteiger charge is 2.32. The van der Waals surface area contributed by atoms with Crippen molar-refractivity contribution >= 4 is 50.6 Å². The fraction of sp³-hybridized carbons (Fsp3) is 0.440. The first-order valence-electron chi connectivity index (χ1n) is 11.6. The van der Waals surface area contributed by atoms with Crippen LogP contribution in [0.1, 0.15) is 44.6 Å². The van der Waals surface area contributed by atoms with E-state index in [4.69, 9.17) is 9.72 Å². The molecule has 3 aromatic heterocycles. The first-order valence-corrected chi connectivity index (χ1v) is 13.4. The van der Waals surface area contributed by atoms with Crippen molar-refractivity contribution < 1.29 is 9.53 Å². The van der Waals surface area contributed by atoms with E-state index in [0.29, 0.717) is 34.5 Å². The molecular formula is C25H29N5O2S2. The summed E-state index contributed by atoms with van der Waals surface area (Å²) in [5.41, 5.74) is 3.19. The average molecular weight is 496 g/mol. The maximum atomic E-state index is 12.6. The number of thioether (sulfide) groups is 1. The summed E-state index contributed by atoms with van der Waals surface area (Å²) in [6, 6.07) is 7.45. The third-order valence-corrected chi connectivity index (χ3v) is 8.55. The van der Waals surface area contributed by atoms with Gasteiger partial charge in [0.05, 0.1) is 23.4 Å². The molecule has 1 N–H and O–H groups in total. The van der Waals surface area contributed by atoms with Gasteiger partial charge in [0.25, 0.3) is 0 Å². The number of anilines is 1. The topological polar surface area (TPSA) is 81.4 Å². The van der Waals surface area contributed by atoms with Crippen LogP contribution in [0.4, 0.5) is 5.69 Å². The van der Waals surface area contributed by atoms with Crippen molar-refractivity contribution in [3.8, 4) is 5.75 Å². The van der Waals surface area contributed by atoms with Gasteiger partial charge < -0.3 is 10.1 Å². The van der Waals surface area contributed by atoms with Crippen molar-refractivity contribution in [2.24, 2.45) is 11.3 Å². The molecule has 34 heavy (non-hydrogen) atoms. The van der Waals surface area contributed by atoms with Crippen LogP contribution in [-0.2, 0) is 17.6 Å². The number of aromatic nitrogens is 4. The molecule has 0 saturated carbocycles. The number of hydrogen-bond donors (Lipinski definition) is 1. The number of nitrogens with one attached hydrogen (secondary N) is 1. The summed E-state index contributed by atoms with van der Waals surface area (Å²) in [5.74, 6) is 1.44. The molecule has 1 amide bonds. The lowest BCUT2D eigenvalue weighted by molar-refractivity contribution is -0.113. The number of rotatable bonds is 6. The Balaban J connectivity index is 1.35. The molecule has 0 fully saturated rings. The number of para-hydroxylation sites is 2. The van der Waals surface area contributed by atoms with Crippen LogP contribution in [-0.4, -0.2) is 37.8 Å². The van der Waals surface area contributed by atoms with Gasteiger partial charge >= 0.3 is 0 Å². The molecule has 0 saturated heterocycles. The van der Waals surface area contributed by atoms with E-state index in [9.17, 15) is 4.79 Å². The lowest BCUT2D eigenvalue weighted by Crippen LogP contribution is -2.26. The first-order chi connectivity index (χ1) is 16.3. The molecule has 7 nitrogen and oxygen atoms in total. The Labute approximate surface area is 207 Å². The summed E-state index contributed by atoms with van der Waals surface area (Å²) in [7, 11) is 0. The number of benzene rings is 1. The molecule has 0 spiro atoms. The van der Waals surface area contributed by atoms with Gasteiger partial charge in [0.1, 0.15) is 16.9 Å². The van der Waals surface area contributed by atoms with E-state index < -0.39 is 0 Å². The highest BCUT2D eigenvalue weighted by atomic mass is 32.2. The Bertz CT molecular complexity index is 1350. The fourth-order valence-electron chi connectivity index (χ4n) is 4.56. The zero-order chi connectivity index (χ0) is 23.9. The van der Waals surface area contributed by atoms with Gasteiger partial charge in [-0.05, 0) is 55.2 Å². The minimum absolute atomic E-state index is 0.121. The van der Waals surface area contributed by atoms with Crippen molar-refractivity contribution in [1.29, 1.82) is 0 Å². The summed E-state index contributed by atoms with van der Waals surface area (Å²) >= 11 is 3.15. The molecule has 1 atom stereocenters. The molecule has 1 aromatic carbocycles. The van der Waals surface area contributed by atoms with E-state index in [0.717, 1.165) is 28.7 Å². The summed E-state index contributed by atoms with van der Waals surface area (Å²) < 4.78 is 7.51. The molecule has 9 heteroatoms. The molecule has 178 valence electrons. The van der Waals surface area contributed by atoms with Crippen molar-refractivity contribution in [3.05, 3.63) is 41.0 Å². The van der Waals surface area contributed by atoms with E-state index >= 15 is 0 Å². The Morgan fingerprint density at radius 2 is 2.12 bits per heavy atom. The molecule has 0 aliphatic heterocycles. The van der Waals surface area contributed by atoms with Crippen molar-refractivity contribution in [1.82, 2.24) is 19.6 Å². The second-order valence-corrected chi connectivity index (χ2v) is 11.7. The van der Waals surface area contributed by atoms with Crippen LogP contribution in [0.5, 0.6) is 5.75 Å². The number of amides is 1. The second-order valence-electron chi connectivity index (χ2n) is 9.68. The van der Waals surface area contributed by atoms with Crippen molar-refractivity contribution in [2.75, 3.05) is 17.7 Å². The standard InChI is InChI=1S/C25H29N5O2S2/c1-5-32-18-9-7-6-8-17(18)27-20(31)13-33-24-29-28-22-21-16-11-10-15(25(2,3)4)12-19(16)34-23(21)26-14-30(22)24/h6-9,14-15H,5,10-13H2,1-4H3,(H,27,31). The number of carbonyl (C=O) groups is 1. The van der Waals surface area contributed by atoms with Crippen LogP contribution >= 0.6 is 23.1 Å². The molecule has 1 unspecified atom stereocenters. The summed E-state index contributed by atoms with van der Waals surface area (Å²) in [6.45, 7) is 9.46. The van der Waals surface area contributed by atoms with Gasteiger partial charge in [0, 0.05) is 4.88 Å². The maximum Gasteiger partial charge on any atom is 0.234 e. The number of fused-ring (bicyclic) bond motifs is 5. The zero-order valence-corrected chi connectivity index (χ0v) is 21.6. The number of carbonyl (C=O) groups excluding carboxylic acids is 1. The van der Waals surface area contributed by atoms with Gasteiger partial charge in [-0.1, -0.05) is 44.7 Å². The number of thiophene rings is 1. The third-order valence-electron chi connectivity index (χ3n) is 6.44. The van der Waals surface area contributed by atoms with Crippen LogP contribution in [0.15, 0.2) is 35.7 Å². The van der Waals surface area contributed by atoms with Crippen LogP contribution in [0, 0.1) is 11.3 Å². The van der Waals surface area contributed by atoms with Gasteiger partial charge in [-0.3, -0.25) is 9.20 Å². The van der Waals surface area contributed by atoms with Crippen molar-refractivity contribution in [2.45, 2.75) is 52.1 Å². The van der Waals surface area contributed by atoms with Gasteiger partial charge in [0.15, 0.2) is 10.8 Å². The third kappa shape index (κ3) is 4.38. The minimum Gasteiger partial charge on any atom is -0.492 e. The van der Waals surface area contributed by atoms with Gasteiger partial charge in [-0.2, -0.15) is 0 Å². The number of ether oxygens (including phenoxy) is 1. The van der Waals surface area contributed by atoms with E-state index in [1.807, 2.05) is 35.6 Å². The molecule has 1 aliphatic rings. The lowest BCUT2D eigenvalue weighted by Gasteiger charge is -2.33. The molecule has 5 rings (SSSR count). The number of nitrogens with zero attached hydrogens (tertiary/aromatic N) is 4. The van der Waals surface area contributed by atoms with Crippen LogP contribution in [0.25, 0.3) is 15.9 Å². The second kappa shape index (κ2) is 9.19. The van der Waals surface area contributed by atoms with E-state index in [1.165, 1.54) is 28.6 Å². The van der Waals surface area contributed by atoms with Gasteiger partial charge in [-0.25, -0.2) is 4.98 Å². The minimum atomic E-state index is -0.121. The van der Waals surface area contributed by atoms with E-state index in [1.54, 1.807) is 17.7 Å². The Hall–Kier alpha value is -2.65. The Morgan fingerprint density at radius 3 is 2.91 bits per heavy atom. The predicted octanol–water partition coefficient (Wildman–Crippen LogP) is 5.62. The molecule has 1 aliphatic carbocycles. The zero-order valence-electron chi connectivity index (χ0n) is 19.9. The summed E-state index contributed by atoms with van der Waals surface area (Å²) in [5, 5.41) is 13.6. The number of hydrogen-bond acceptors (Lipinski definition) is 7. The molecule has 0 radical (unpaired) electrons. The summed E-state index contributed by atoms with van der Waals surface area (Å²) in [4.78, 5) is 19.8. The molecular weight excluding hydrogens is 466 g/mol. The van der Waals surface area contributed by atoms with Crippen LogP contribution < -0.4 is 10.1 Å². The largest absolute Gasteiger partial charge is 0.492 e. The predicted molar refractivity (Wildman–Crippen MR) is 138 cm³/mol. The van der Waals surface area contributed by atoms with Gasteiger partial charge in [0.2, 0.25) is 5.91 Å². The SMILES string of the molecule is CCOc1ccccc1NC(=O)CSc1nnc2c3c4c(sc3ncn12)CC(C(C)(C)C)CC4. The highest BCUT2D eigenvalue weighted by Crippen LogP contribution is 2.43. The van der Waals surface area contributed by atoms with Gasteiger partial charge in [-0.15, -0.1) is 21.5 Å². The lowest BCUT2D eigenvalue weighted by atomic mass is 9.72. The van der Waals surface area contributed by atoms with E-state index in [-0.39, 0.29) is 11.7 Å². The smallest absolute Gasteiger partial charge is 0.234 e. The van der Waals surface area contributed by atoms with Crippen LogP contribution in [0.2, 0.25) is 0 Å². The fourth-order valence-corrected chi connectivity index (χ4v) is 6.53. The molecule has 4 aromatic rings.